The maximum atomic E-state index is 13.7. The van der Waals surface area contributed by atoms with Crippen molar-refractivity contribution in [3.8, 4) is 11.1 Å². The predicted molar refractivity (Wildman–Crippen MR) is 181 cm³/mol. The van der Waals surface area contributed by atoms with Crippen molar-refractivity contribution in [2.24, 2.45) is 5.92 Å². The number of nitrogens with one attached hydrogen (secondary N) is 2. The van der Waals surface area contributed by atoms with E-state index in [1.807, 2.05) is 73.8 Å². The Bertz CT molecular complexity index is 1560. The fourth-order valence-electron chi connectivity index (χ4n) is 6.84. The molecule has 0 bridgehead atoms. The lowest BCUT2D eigenvalue weighted by Crippen LogP contribution is -2.52. The lowest BCUT2D eigenvalue weighted by molar-refractivity contribution is 0.0991. The molecule has 0 aromatic heterocycles. The maximum Gasteiger partial charge on any atom is 0.258 e. The van der Waals surface area contributed by atoms with E-state index in [0.717, 1.165) is 48.1 Å². The number of hydrogen-bond acceptors (Lipinski definition) is 4. The summed E-state index contributed by atoms with van der Waals surface area (Å²) >= 11 is 0. The van der Waals surface area contributed by atoms with Gasteiger partial charge in [-0.2, -0.15) is 0 Å². The Labute approximate surface area is 261 Å². The second-order valence-electron chi connectivity index (χ2n) is 12.1. The van der Waals surface area contributed by atoms with Gasteiger partial charge in [0.15, 0.2) is 0 Å². The third kappa shape index (κ3) is 6.71. The van der Waals surface area contributed by atoms with Crippen molar-refractivity contribution in [2.75, 3.05) is 41.8 Å². The van der Waals surface area contributed by atoms with Crippen molar-refractivity contribution in [2.45, 2.75) is 44.6 Å². The molecule has 0 radical (unpaired) electrons. The molecule has 2 N–H and O–H groups in total. The number of nitrogens with zero attached hydrogens (tertiary/aromatic N) is 2. The molecule has 6 nitrogen and oxygen atoms in total. The molecule has 6 rings (SSSR count). The highest BCUT2D eigenvalue weighted by Crippen LogP contribution is 2.35. The van der Waals surface area contributed by atoms with E-state index < -0.39 is 0 Å². The van der Waals surface area contributed by atoms with Gasteiger partial charge in [-0.1, -0.05) is 92.8 Å². The van der Waals surface area contributed by atoms with Gasteiger partial charge in [0.2, 0.25) is 0 Å². The SMILES string of the molecule is CN(C(=O)c1ccc(NC(=O)c2ccccc2-c2ccccc2)cc1)c1ccccc1N1CCNCC1CC1CCCCC1. The Hall–Kier alpha value is -4.42. The first-order valence-corrected chi connectivity index (χ1v) is 16.0. The molecule has 2 aliphatic rings. The van der Waals surface area contributed by atoms with Gasteiger partial charge in [0.1, 0.15) is 0 Å². The Balaban J connectivity index is 1.16. The van der Waals surface area contributed by atoms with E-state index >= 15 is 0 Å². The number of amides is 2. The largest absolute Gasteiger partial charge is 0.364 e. The van der Waals surface area contributed by atoms with Crippen molar-refractivity contribution in [1.29, 1.82) is 0 Å². The summed E-state index contributed by atoms with van der Waals surface area (Å²) in [6, 6.07) is 33.4. The number of carbonyl (C=O) groups is 2. The zero-order valence-corrected chi connectivity index (χ0v) is 25.5. The topological polar surface area (TPSA) is 64.7 Å². The Kier molecular flexibility index (Phi) is 9.37. The van der Waals surface area contributed by atoms with Gasteiger partial charge in [-0.3, -0.25) is 9.59 Å². The van der Waals surface area contributed by atoms with E-state index in [4.69, 9.17) is 0 Å². The van der Waals surface area contributed by atoms with E-state index in [0.29, 0.717) is 22.9 Å². The summed E-state index contributed by atoms with van der Waals surface area (Å²) < 4.78 is 0. The normalized spacial score (nSPS) is 17.2. The molecule has 1 aliphatic carbocycles. The monoisotopic (exact) mass is 586 g/mol. The summed E-state index contributed by atoms with van der Waals surface area (Å²) in [5.41, 5.74) is 5.72. The van der Waals surface area contributed by atoms with E-state index in [1.165, 1.54) is 38.5 Å². The van der Waals surface area contributed by atoms with Crippen LogP contribution in [0.4, 0.5) is 17.1 Å². The number of piperazine rings is 1. The first kappa shape index (κ1) is 29.6. The Morgan fingerprint density at radius 3 is 2.34 bits per heavy atom. The third-order valence-corrected chi connectivity index (χ3v) is 9.18. The van der Waals surface area contributed by atoms with Gasteiger partial charge in [0.25, 0.3) is 11.8 Å². The molecular formula is C38H42N4O2. The molecule has 1 saturated heterocycles. The van der Waals surface area contributed by atoms with Gasteiger partial charge in [0, 0.05) is 49.5 Å². The quantitative estimate of drug-likeness (QED) is 0.223. The average Bonchev–Trinajstić information content (AvgIpc) is 3.09. The van der Waals surface area contributed by atoms with Crippen molar-refractivity contribution in [3.05, 3.63) is 114 Å². The first-order valence-electron chi connectivity index (χ1n) is 16.0. The van der Waals surface area contributed by atoms with Crippen LogP contribution in [0.5, 0.6) is 0 Å². The first-order chi connectivity index (χ1) is 21.6. The van der Waals surface area contributed by atoms with Crippen LogP contribution in [0.15, 0.2) is 103 Å². The maximum absolute atomic E-state index is 13.7. The number of anilines is 3. The molecule has 1 saturated carbocycles. The Morgan fingerprint density at radius 2 is 1.55 bits per heavy atom. The summed E-state index contributed by atoms with van der Waals surface area (Å²) in [6.07, 6.45) is 7.93. The number of para-hydroxylation sites is 2. The average molecular weight is 587 g/mol. The van der Waals surface area contributed by atoms with Gasteiger partial charge in [-0.05, 0) is 65.9 Å². The van der Waals surface area contributed by atoms with Crippen LogP contribution in [0, 0.1) is 5.92 Å². The minimum Gasteiger partial charge on any atom is -0.364 e. The van der Waals surface area contributed by atoms with Gasteiger partial charge in [0.05, 0.1) is 11.4 Å². The summed E-state index contributed by atoms with van der Waals surface area (Å²) in [7, 11) is 1.86. The minimum absolute atomic E-state index is 0.0799. The summed E-state index contributed by atoms with van der Waals surface area (Å²) in [5, 5.41) is 6.62. The fourth-order valence-corrected chi connectivity index (χ4v) is 6.84. The molecule has 1 heterocycles. The fraction of sp³-hybridized carbons (Fsp3) is 0.316. The molecular weight excluding hydrogens is 544 g/mol. The van der Waals surface area contributed by atoms with Crippen LogP contribution in [0.1, 0.15) is 59.2 Å². The summed E-state index contributed by atoms with van der Waals surface area (Å²) in [5.74, 6) is 0.519. The van der Waals surface area contributed by atoms with Crippen LogP contribution in [0.3, 0.4) is 0 Å². The minimum atomic E-state index is -0.187. The second-order valence-corrected chi connectivity index (χ2v) is 12.1. The predicted octanol–water partition coefficient (Wildman–Crippen LogP) is 7.63. The molecule has 44 heavy (non-hydrogen) atoms. The molecule has 4 aromatic rings. The third-order valence-electron chi connectivity index (χ3n) is 9.18. The lowest BCUT2D eigenvalue weighted by Gasteiger charge is -2.41. The van der Waals surface area contributed by atoms with Crippen molar-refractivity contribution in [1.82, 2.24) is 5.32 Å². The van der Waals surface area contributed by atoms with Crippen molar-refractivity contribution < 1.29 is 9.59 Å². The van der Waals surface area contributed by atoms with Gasteiger partial charge in [-0.25, -0.2) is 0 Å². The smallest absolute Gasteiger partial charge is 0.258 e. The van der Waals surface area contributed by atoms with Crippen LogP contribution < -0.4 is 20.4 Å². The molecule has 4 aromatic carbocycles. The standard InChI is InChI=1S/C38H42N4O2/c1-41(35-18-10-11-19-36(35)42-25-24-39-27-32(42)26-28-12-4-2-5-13-28)38(44)30-20-22-31(23-21-30)40-37(43)34-17-9-8-16-33(34)29-14-6-3-7-15-29/h3,6-11,14-23,28,32,39H,2,4-5,12-13,24-27H2,1H3,(H,40,43). The molecule has 0 spiro atoms. The molecule has 2 fully saturated rings. The van der Waals surface area contributed by atoms with E-state index in [2.05, 4.69) is 27.7 Å². The van der Waals surface area contributed by atoms with Crippen LogP contribution in [0.25, 0.3) is 11.1 Å². The highest BCUT2D eigenvalue weighted by atomic mass is 16.2. The number of rotatable bonds is 8. The summed E-state index contributed by atoms with van der Waals surface area (Å²) in [6.45, 7) is 2.85. The molecule has 6 heteroatoms. The number of hydrogen-bond donors (Lipinski definition) is 2. The molecule has 1 aliphatic heterocycles. The number of carbonyl (C=O) groups excluding carboxylic acids is 2. The van der Waals surface area contributed by atoms with Crippen LogP contribution in [-0.2, 0) is 0 Å². The summed E-state index contributed by atoms with van der Waals surface area (Å²) in [4.78, 5) is 31.3. The zero-order valence-electron chi connectivity index (χ0n) is 25.5. The van der Waals surface area contributed by atoms with Crippen LogP contribution in [-0.4, -0.2) is 44.5 Å². The number of benzene rings is 4. The van der Waals surface area contributed by atoms with E-state index in [-0.39, 0.29) is 11.8 Å². The zero-order chi connectivity index (χ0) is 30.3. The Morgan fingerprint density at radius 1 is 0.841 bits per heavy atom. The highest BCUT2D eigenvalue weighted by Gasteiger charge is 2.29. The van der Waals surface area contributed by atoms with Crippen molar-refractivity contribution >= 4 is 28.9 Å². The van der Waals surface area contributed by atoms with Crippen LogP contribution in [0.2, 0.25) is 0 Å². The van der Waals surface area contributed by atoms with Gasteiger partial charge in [-0.15, -0.1) is 0 Å². The molecule has 226 valence electrons. The van der Waals surface area contributed by atoms with Crippen LogP contribution >= 0.6 is 0 Å². The molecule has 2 amide bonds. The van der Waals surface area contributed by atoms with Gasteiger partial charge >= 0.3 is 0 Å². The second kappa shape index (κ2) is 13.9. The van der Waals surface area contributed by atoms with E-state index in [9.17, 15) is 9.59 Å². The molecule has 1 unspecified atom stereocenters. The highest BCUT2D eigenvalue weighted by molar-refractivity contribution is 6.10. The lowest BCUT2D eigenvalue weighted by atomic mass is 9.84. The molecule has 1 atom stereocenters. The van der Waals surface area contributed by atoms with Gasteiger partial charge < -0.3 is 20.4 Å². The van der Waals surface area contributed by atoms with E-state index in [1.54, 1.807) is 29.2 Å². The van der Waals surface area contributed by atoms with Crippen molar-refractivity contribution in [3.63, 3.8) is 0 Å².